The average Bonchev–Trinajstić information content (AvgIpc) is 3.40. The summed E-state index contributed by atoms with van der Waals surface area (Å²) in [6, 6.07) is 7.31. The largest absolute Gasteiger partial charge is 0.493 e. The van der Waals surface area contributed by atoms with Crippen LogP contribution in [0.3, 0.4) is 0 Å². The van der Waals surface area contributed by atoms with Gasteiger partial charge in [0.25, 0.3) is 0 Å². The van der Waals surface area contributed by atoms with Crippen molar-refractivity contribution >= 4 is 22.3 Å². The van der Waals surface area contributed by atoms with Gasteiger partial charge < -0.3 is 19.2 Å². The molecule has 1 aromatic carbocycles. The number of aromatic amines is 2. The molecule has 0 radical (unpaired) electrons. The third-order valence-electron chi connectivity index (χ3n) is 5.00. The summed E-state index contributed by atoms with van der Waals surface area (Å²) in [4.78, 5) is 31.9. The first kappa shape index (κ1) is 18.7. The van der Waals surface area contributed by atoms with Crippen LogP contribution in [0.1, 0.15) is 0 Å². The van der Waals surface area contributed by atoms with E-state index in [1.165, 1.54) is 4.57 Å². The number of ether oxygens (including phenoxy) is 3. The highest BCUT2D eigenvalue weighted by atomic mass is 16.5. The quantitative estimate of drug-likeness (QED) is 0.450. The summed E-state index contributed by atoms with van der Waals surface area (Å²) in [6.45, 7) is 0. The standard InChI is InChI=1S/C21H18N6O4/c1-29-15-7-12(8-16(30-2)17(15)31-3)14-10-24-19-20(25-14)27(21(28)26-19)13-6-11-4-5-22-18(11)23-9-13/h4-10H,1-3H3,(H,22,23)(H,24,26,28). The van der Waals surface area contributed by atoms with Gasteiger partial charge in [-0.3, -0.25) is 4.98 Å². The second-order valence-corrected chi connectivity index (χ2v) is 6.72. The zero-order valence-corrected chi connectivity index (χ0v) is 17.0. The molecule has 4 aromatic heterocycles. The van der Waals surface area contributed by atoms with Crippen LogP contribution in [0, 0.1) is 0 Å². The maximum absolute atomic E-state index is 12.7. The minimum absolute atomic E-state index is 0.353. The van der Waals surface area contributed by atoms with Crippen molar-refractivity contribution in [3.05, 3.63) is 53.3 Å². The lowest BCUT2D eigenvalue weighted by Gasteiger charge is -2.14. The first-order valence-electron chi connectivity index (χ1n) is 9.34. The lowest BCUT2D eigenvalue weighted by molar-refractivity contribution is 0.324. The fourth-order valence-corrected chi connectivity index (χ4v) is 3.53. The van der Waals surface area contributed by atoms with Gasteiger partial charge in [-0.15, -0.1) is 0 Å². The molecule has 0 saturated heterocycles. The van der Waals surface area contributed by atoms with Crippen LogP contribution in [0.4, 0.5) is 0 Å². The highest BCUT2D eigenvalue weighted by Crippen LogP contribution is 2.40. The topological polar surface area (TPSA) is 120 Å². The Hall–Kier alpha value is -4.34. The lowest BCUT2D eigenvalue weighted by atomic mass is 10.1. The SMILES string of the molecule is COc1cc(-c2cnc3[nH]c(=O)n(-c4cnc5[nH]ccc5c4)c3n2)cc(OC)c1OC. The Morgan fingerprint density at radius 1 is 0.935 bits per heavy atom. The van der Waals surface area contributed by atoms with Crippen molar-refractivity contribution in [2.45, 2.75) is 0 Å². The van der Waals surface area contributed by atoms with Gasteiger partial charge in [-0.1, -0.05) is 0 Å². The highest BCUT2D eigenvalue weighted by molar-refractivity contribution is 5.79. The fraction of sp³-hybridized carbons (Fsp3) is 0.143. The molecule has 0 bridgehead atoms. The number of rotatable bonds is 5. The van der Waals surface area contributed by atoms with Crippen LogP contribution in [0.2, 0.25) is 0 Å². The van der Waals surface area contributed by atoms with E-state index in [2.05, 4.69) is 19.9 Å². The monoisotopic (exact) mass is 418 g/mol. The zero-order chi connectivity index (χ0) is 21.5. The Morgan fingerprint density at radius 3 is 2.39 bits per heavy atom. The number of hydrogen-bond acceptors (Lipinski definition) is 7. The first-order valence-corrected chi connectivity index (χ1v) is 9.34. The van der Waals surface area contributed by atoms with Crippen molar-refractivity contribution in [2.75, 3.05) is 21.3 Å². The van der Waals surface area contributed by atoms with Crippen LogP contribution in [0.25, 0.3) is 39.3 Å². The summed E-state index contributed by atoms with van der Waals surface area (Å²) in [7, 11) is 4.63. The fourth-order valence-electron chi connectivity index (χ4n) is 3.53. The van der Waals surface area contributed by atoms with E-state index < -0.39 is 0 Å². The highest BCUT2D eigenvalue weighted by Gasteiger charge is 2.18. The maximum Gasteiger partial charge on any atom is 0.333 e. The molecule has 5 aromatic rings. The molecule has 0 fully saturated rings. The van der Waals surface area contributed by atoms with Crippen molar-refractivity contribution in [3.63, 3.8) is 0 Å². The van der Waals surface area contributed by atoms with Gasteiger partial charge in [0.1, 0.15) is 5.65 Å². The number of pyridine rings is 1. The van der Waals surface area contributed by atoms with E-state index in [1.807, 2.05) is 12.1 Å². The summed E-state index contributed by atoms with van der Waals surface area (Å²) >= 11 is 0. The minimum Gasteiger partial charge on any atom is -0.493 e. The number of nitrogens with zero attached hydrogens (tertiary/aromatic N) is 4. The van der Waals surface area contributed by atoms with Crippen molar-refractivity contribution in [2.24, 2.45) is 0 Å². The summed E-state index contributed by atoms with van der Waals surface area (Å²) in [5, 5.41) is 0.882. The molecule has 31 heavy (non-hydrogen) atoms. The van der Waals surface area contributed by atoms with E-state index in [1.54, 1.807) is 52.1 Å². The number of aromatic nitrogens is 6. The van der Waals surface area contributed by atoms with E-state index in [0.717, 1.165) is 11.0 Å². The van der Waals surface area contributed by atoms with Crippen molar-refractivity contribution < 1.29 is 14.2 Å². The van der Waals surface area contributed by atoms with Crippen LogP contribution >= 0.6 is 0 Å². The summed E-state index contributed by atoms with van der Waals surface area (Å²) in [5.74, 6) is 1.46. The summed E-state index contributed by atoms with van der Waals surface area (Å²) in [6.07, 6.45) is 4.99. The number of H-pyrrole nitrogens is 2. The molecule has 10 heteroatoms. The van der Waals surface area contributed by atoms with Gasteiger partial charge in [0.2, 0.25) is 5.75 Å². The van der Waals surface area contributed by atoms with Crippen LogP contribution in [-0.4, -0.2) is 50.8 Å². The maximum atomic E-state index is 12.7. The van der Waals surface area contributed by atoms with Gasteiger partial charge in [0, 0.05) is 17.1 Å². The summed E-state index contributed by atoms with van der Waals surface area (Å²) < 4.78 is 17.7. The average molecular weight is 418 g/mol. The molecular formula is C21H18N6O4. The van der Waals surface area contributed by atoms with Gasteiger partial charge in [0.15, 0.2) is 22.8 Å². The van der Waals surface area contributed by atoms with Crippen LogP contribution in [0.15, 0.2) is 47.7 Å². The number of benzene rings is 1. The molecule has 5 rings (SSSR count). The minimum atomic E-state index is -0.353. The van der Waals surface area contributed by atoms with Crippen molar-refractivity contribution in [3.8, 4) is 34.2 Å². The molecule has 4 heterocycles. The molecule has 10 nitrogen and oxygen atoms in total. The molecule has 0 spiro atoms. The van der Waals surface area contributed by atoms with Gasteiger partial charge in [-0.2, -0.15) is 0 Å². The van der Waals surface area contributed by atoms with E-state index in [9.17, 15) is 4.79 Å². The van der Waals surface area contributed by atoms with Gasteiger partial charge in [-0.05, 0) is 24.3 Å². The molecular weight excluding hydrogens is 400 g/mol. The Kier molecular flexibility index (Phi) is 4.32. The number of nitrogens with one attached hydrogen (secondary N) is 2. The molecule has 0 aliphatic heterocycles. The van der Waals surface area contributed by atoms with Crippen molar-refractivity contribution in [1.29, 1.82) is 0 Å². The van der Waals surface area contributed by atoms with Crippen molar-refractivity contribution in [1.82, 2.24) is 29.5 Å². The normalized spacial score (nSPS) is 11.2. The smallest absolute Gasteiger partial charge is 0.333 e. The van der Waals surface area contributed by atoms with Crippen LogP contribution < -0.4 is 19.9 Å². The van der Waals surface area contributed by atoms with Crippen LogP contribution in [0.5, 0.6) is 17.2 Å². The molecule has 0 saturated carbocycles. The Balaban J connectivity index is 1.71. The second-order valence-electron chi connectivity index (χ2n) is 6.72. The number of imidazole rings is 1. The molecule has 0 aliphatic carbocycles. The van der Waals surface area contributed by atoms with E-state index in [0.29, 0.717) is 45.5 Å². The zero-order valence-electron chi connectivity index (χ0n) is 17.0. The van der Waals surface area contributed by atoms with Gasteiger partial charge in [0.05, 0.1) is 45.1 Å². The van der Waals surface area contributed by atoms with E-state index in [-0.39, 0.29) is 5.69 Å². The third-order valence-corrected chi connectivity index (χ3v) is 5.00. The Labute approximate surface area is 175 Å². The van der Waals surface area contributed by atoms with E-state index in [4.69, 9.17) is 19.2 Å². The van der Waals surface area contributed by atoms with Gasteiger partial charge in [-0.25, -0.2) is 24.3 Å². The first-order chi connectivity index (χ1) is 15.1. The number of hydrogen-bond donors (Lipinski definition) is 2. The van der Waals surface area contributed by atoms with Gasteiger partial charge >= 0.3 is 5.69 Å². The molecule has 0 unspecified atom stereocenters. The van der Waals surface area contributed by atoms with E-state index >= 15 is 0 Å². The third kappa shape index (κ3) is 2.96. The number of fused-ring (bicyclic) bond motifs is 2. The predicted molar refractivity (Wildman–Crippen MR) is 114 cm³/mol. The Bertz CT molecular complexity index is 1460. The molecule has 0 amide bonds. The molecule has 156 valence electrons. The lowest BCUT2D eigenvalue weighted by Crippen LogP contribution is -2.15. The predicted octanol–water partition coefficient (Wildman–Crippen LogP) is 2.68. The second kappa shape index (κ2) is 7.17. The summed E-state index contributed by atoms with van der Waals surface area (Å²) in [5.41, 5.74) is 2.95. The van der Waals surface area contributed by atoms with Crippen LogP contribution in [-0.2, 0) is 0 Å². The molecule has 2 N–H and O–H groups in total. The molecule has 0 aliphatic rings. The molecule has 0 atom stereocenters. The number of methoxy groups -OCH3 is 3. The Morgan fingerprint density at radius 2 is 1.68 bits per heavy atom.